The summed E-state index contributed by atoms with van der Waals surface area (Å²) in [6.07, 6.45) is -10.8. The van der Waals surface area contributed by atoms with Crippen LogP contribution in [0, 0.1) is 0 Å². The van der Waals surface area contributed by atoms with Crippen LogP contribution in [0.1, 0.15) is 0 Å². The minimum absolute atomic E-state index is 0.0278. The maximum absolute atomic E-state index is 9.29. The van der Waals surface area contributed by atoms with E-state index in [-0.39, 0.29) is 26.4 Å². The largest absolute Gasteiger partial charge is 0.547 e. The van der Waals surface area contributed by atoms with Crippen LogP contribution in [-0.4, -0.2) is 141 Å². The number of hydrogen-bond donors (Lipinski definition) is 10. The van der Waals surface area contributed by atoms with Crippen LogP contribution in [0.3, 0.4) is 0 Å². The van der Waals surface area contributed by atoms with Crippen LogP contribution in [0.15, 0.2) is 0 Å². The zero-order valence-electron chi connectivity index (χ0n) is 18.8. The second-order valence-corrected chi connectivity index (χ2v) is 4.21. The molecule has 0 rings (SSSR count). The van der Waals surface area contributed by atoms with Gasteiger partial charge in [0, 0.05) is 0 Å². The van der Waals surface area contributed by atoms with E-state index in [1.807, 2.05) is 0 Å². The van der Waals surface area contributed by atoms with E-state index in [2.05, 4.69) is 38.8 Å². The molecule has 38 heavy (non-hydrogen) atoms. The molecule has 24 nitrogen and oxygen atoms in total. The van der Waals surface area contributed by atoms with E-state index in [9.17, 15) is 28.8 Å². The van der Waals surface area contributed by atoms with Crippen molar-refractivity contribution < 1.29 is 119 Å². The van der Waals surface area contributed by atoms with E-state index in [4.69, 9.17) is 51.1 Å². The summed E-state index contributed by atoms with van der Waals surface area (Å²) in [4.78, 5) is 74.5. The van der Waals surface area contributed by atoms with E-state index < -0.39 is 36.9 Å². The molecule has 226 valence electrons. The number of aliphatic hydroxyl groups is 4. The average Bonchev–Trinajstić information content (AvgIpc) is 2.82. The van der Waals surface area contributed by atoms with Crippen molar-refractivity contribution >= 4 is 36.9 Å². The molecule has 0 saturated heterocycles. The van der Waals surface area contributed by atoms with Gasteiger partial charge in [-0.2, -0.15) is 0 Å². The van der Waals surface area contributed by atoms with Crippen LogP contribution in [0.25, 0.3) is 0 Å². The lowest BCUT2D eigenvalue weighted by Gasteiger charge is -1.94. The van der Waals surface area contributed by atoms with Crippen LogP contribution in [-0.2, 0) is 38.8 Å². The maximum atomic E-state index is 9.29. The molecule has 0 spiro atoms. The predicted molar refractivity (Wildman–Crippen MR) is 105 cm³/mol. The Morgan fingerprint density at radius 3 is 0.553 bits per heavy atom. The van der Waals surface area contributed by atoms with Gasteiger partial charge in [0.1, 0.15) is 0 Å². The summed E-state index contributed by atoms with van der Waals surface area (Å²) in [5.74, 6) is 0. The zero-order chi connectivity index (χ0) is 30.8. The van der Waals surface area contributed by atoms with Gasteiger partial charge in [0.05, 0.1) is 52.9 Å². The third kappa shape index (κ3) is 85.7. The molecule has 0 fully saturated rings. The van der Waals surface area contributed by atoms with Crippen LogP contribution < -0.4 is 0 Å². The van der Waals surface area contributed by atoms with Crippen LogP contribution in [0.2, 0.25) is 0 Å². The first-order chi connectivity index (χ1) is 17.7. The number of aliphatic hydroxyl groups excluding tert-OH is 4. The molecule has 24 heteroatoms. The Hall–Kier alpha value is -4.62. The number of carbonyl (C=O) groups is 6. The first-order valence-corrected chi connectivity index (χ1v) is 8.71. The average molecular weight is 578 g/mol. The first kappa shape index (κ1) is 43.5. The Kier molecular flexibility index (Phi) is 42.2. The fourth-order valence-corrected chi connectivity index (χ4v) is 0.676. The number of hydrogen-bond acceptors (Lipinski definition) is 18. The topological polar surface area (TPSA) is 379 Å². The smallest absolute Gasteiger partial charge is 0.447 e. The Morgan fingerprint density at radius 1 is 0.342 bits per heavy atom. The van der Waals surface area contributed by atoms with Crippen LogP contribution >= 0.6 is 0 Å². The molecule has 0 aliphatic heterocycles. The molecule has 0 aromatic rings. The minimum Gasteiger partial charge on any atom is -0.447 e. The van der Waals surface area contributed by atoms with Crippen molar-refractivity contribution in [1.29, 1.82) is 0 Å². The maximum Gasteiger partial charge on any atom is 0.547 e. The molecule has 0 amide bonds. The Morgan fingerprint density at radius 2 is 0.474 bits per heavy atom. The second-order valence-electron chi connectivity index (χ2n) is 4.21. The van der Waals surface area contributed by atoms with Gasteiger partial charge in [-0.3, -0.25) is 0 Å². The van der Waals surface area contributed by atoms with Crippen molar-refractivity contribution in [3.63, 3.8) is 0 Å². The molecule has 0 aromatic carbocycles. The lowest BCUT2D eigenvalue weighted by Crippen LogP contribution is -2.05. The summed E-state index contributed by atoms with van der Waals surface area (Å²) in [5, 5.41) is 77.7. The summed E-state index contributed by atoms with van der Waals surface area (Å²) >= 11 is 0. The van der Waals surface area contributed by atoms with Gasteiger partial charge < -0.3 is 60.5 Å². The summed E-state index contributed by atoms with van der Waals surface area (Å²) in [6.45, 7) is 1.39. The molecular weight excluding hydrogens is 552 g/mol. The van der Waals surface area contributed by atoms with Gasteiger partial charge in [0.2, 0.25) is 0 Å². The Balaban J connectivity index is -0.000000120. The highest BCUT2D eigenvalue weighted by molar-refractivity contribution is 5.61. The van der Waals surface area contributed by atoms with Crippen molar-refractivity contribution in [2.75, 3.05) is 52.9 Å². The van der Waals surface area contributed by atoms with E-state index in [1.54, 1.807) is 0 Å². The van der Waals surface area contributed by atoms with Gasteiger partial charge in [0.25, 0.3) is 0 Å². The van der Waals surface area contributed by atoms with Gasteiger partial charge in [-0.05, 0) is 0 Å². The van der Waals surface area contributed by atoms with Crippen molar-refractivity contribution in [1.82, 2.24) is 0 Å². The quantitative estimate of drug-likeness (QED) is 0.0922. The molecule has 0 aliphatic rings. The van der Waals surface area contributed by atoms with Crippen molar-refractivity contribution in [3.8, 4) is 0 Å². The SMILES string of the molecule is O=C(O)OOC(=O)O.O=C(O)OOC(=O)O.O=C(O)OOC(=O)O.OCCOCCO.OCCOCCO. The molecule has 0 atom stereocenters. The van der Waals surface area contributed by atoms with Crippen LogP contribution in [0.5, 0.6) is 0 Å². The van der Waals surface area contributed by atoms with Crippen molar-refractivity contribution in [3.05, 3.63) is 0 Å². The minimum atomic E-state index is -1.80. The normalized spacial score (nSPS) is 8.21. The molecule has 0 heterocycles. The number of rotatable bonds is 8. The lowest BCUT2D eigenvalue weighted by molar-refractivity contribution is -0.208. The molecule has 0 radical (unpaired) electrons. The molecular formula is C14H26O24. The number of carboxylic acid groups (broad SMARTS) is 6. The first-order valence-electron chi connectivity index (χ1n) is 8.71. The van der Waals surface area contributed by atoms with Gasteiger partial charge in [-0.25, -0.2) is 58.1 Å². The summed E-state index contributed by atoms with van der Waals surface area (Å²) in [5.41, 5.74) is 0. The van der Waals surface area contributed by atoms with Gasteiger partial charge in [-0.1, -0.05) is 0 Å². The zero-order valence-corrected chi connectivity index (χ0v) is 18.8. The molecule has 0 saturated carbocycles. The molecule has 0 aromatic heterocycles. The van der Waals surface area contributed by atoms with E-state index in [0.29, 0.717) is 26.4 Å². The summed E-state index contributed by atoms with van der Waals surface area (Å²) in [6, 6.07) is 0. The summed E-state index contributed by atoms with van der Waals surface area (Å²) < 4.78 is 9.26. The third-order valence-electron chi connectivity index (χ3n) is 1.50. The standard InChI is InChI=1S/2C4H10O3.3C2H2O6/c2*5-1-3-7-4-2-6;3*3-1(4)7-8-2(5)6/h2*5-6H,1-4H2;3*(H,3,4)(H,5,6). The fourth-order valence-electron chi connectivity index (χ4n) is 0.676. The highest BCUT2D eigenvalue weighted by Gasteiger charge is 2.03. The van der Waals surface area contributed by atoms with Crippen molar-refractivity contribution in [2.45, 2.75) is 0 Å². The van der Waals surface area contributed by atoms with Gasteiger partial charge in [-0.15, -0.1) is 0 Å². The third-order valence-corrected chi connectivity index (χ3v) is 1.50. The fraction of sp³-hybridized carbons (Fsp3) is 0.571. The highest BCUT2D eigenvalue weighted by atomic mass is 17.3. The lowest BCUT2D eigenvalue weighted by atomic mass is 10.7. The Bertz CT molecular complexity index is 478. The summed E-state index contributed by atoms with van der Waals surface area (Å²) in [7, 11) is 0. The van der Waals surface area contributed by atoms with Crippen LogP contribution in [0.4, 0.5) is 28.8 Å². The van der Waals surface area contributed by atoms with Crippen molar-refractivity contribution in [2.24, 2.45) is 0 Å². The monoisotopic (exact) mass is 578 g/mol. The highest BCUT2D eigenvalue weighted by Crippen LogP contribution is 1.80. The Labute approximate surface area is 209 Å². The second kappa shape index (κ2) is 36.9. The van der Waals surface area contributed by atoms with Gasteiger partial charge in [0.15, 0.2) is 0 Å². The predicted octanol–water partition coefficient (Wildman–Crippen LogP) is -1.15. The van der Waals surface area contributed by atoms with E-state index in [1.165, 1.54) is 0 Å². The molecule has 0 aliphatic carbocycles. The number of ether oxygens (including phenoxy) is 2. The molecule has 0 unspecified atom stereocenters. The molecule has 0 bridgehead atoms. The molecule has 10 N–H and O–H groups in total. The van der Waals surface area contributed by atoms with Gasteiger partial charge >= 0.3 is 36.9 Å². The van der Waals surface area contributed by atoms with E-state index in [0.717, 1.165) is 0 Å². The van der Waals surface area contributed by atoms with E-state index >= 15 is 0 Å².